The Kier molecular flexibility index (Phi) is 5.10. The second-order valence-corrected chi connectivity index (χ2v) is 5.21. The number of ether oxygens (including phenoxy) is 1. The van der Waals surface area contributed by atoms with Crippen LogP contribution in [0.15, 0.2) is 0 Å². The van der Waals surface area contributed by atoms with E-state index in [0.29, 0.717) is 3.50 Å². The molecular weight excluding hydrogens is 254 g/mol. The monoisotopic (exact) mass is 262 g/mol. The van der Waals surface area contributed by atoms with Crippen LogP contribution in [0.3, 0.4) is 0 Å². The van der Waals surface area contributed by atoms with Gasteiger partial charge in [0.25, 0.3) is 0 Å². The quantitative estimate of drug-likeness (QED) is 0.666. The van der Waals surface area contributed by atoms with Crippen molar-refractivity contribution >= 4 is 40.0 Å². The first-order chi connectivity index (χ1) is 4.16. The van der Waals surface area contributed by atoms with Crippen LogP contribution in [-0.4, -0.2) is 52.2 Å². The van der Waals surface area contributed by atoms with Gasteiger partial charge < -0.3 is 0 Å². The van der Waals surface area contributed by atoms with E-state index >= 15 is 0 Å². The number of carboxylic acid groups (broad SMARTS) is 1. The van der Waals surface area contributed by atoms with E-state index in [9.17, 15) is 4.79 Å². The molecule has 0 unspecified atom stereocenters. The first-order valence-electron chi connectivity index (χ1n) is 2.09. The van der Waals surface area contributed by atoms with Crippen molar-refractivity contribution in [2.45, 2.75) is 5.32 Å². The Labute approximate surface area is 67.3 Å². The number of aliphatic carboxylic acids is 1. The van der Waals surface area contributed by atoms with Crippen LogP contribution in [0.25, 0.3) is 0 Å². The Morgan fingerprint density at radius 2 is 2.44 bits per heavy atom. The summed E-state index contributed by atoms with van der Waals surface area (Å²) in [6, 6.07) is 0. The number of carbonyl (C=O) groups is 1. The van der Waals surface area contributed by atoms with Crippen molar-refractivity contribution in [1.82, 2.24) is 0 Å². The molecule has 0 saturated carbocycles. The fourth-order valence-corrected chi connectivity index (χ4v) is 1.58. The summed E-state index contributed by atoms with van der Waals surface area (Å²) >= 11 is 2.59. The van der Waals surface area contributed by atoms with Gasteiger partial charge in [0, 0.05) is 0 Å². The van der Waals surface area contributed by atoms with Gasteiger partial charge in [0.2, 0.25) is 0 Å². The SMILES string of the molecule is COC(=[Se])[Se]CC(=O)O. The van der Waals surface area contributed by atoms with E-state index in [0.717, 1.165) is 0 Å². The number of rotatable bonds is 4. The molecule has 0 amide bonds. The summed E-state index contributed by atoms with van der Waals surface area (Å²) in [5.74, 6) is -0.778. The molecule has 0 atom stereocenters. The standard InChI is InChI=1S/C4H6O3Se2/c1-7-4(8)9-2-3(5)6/h2H2,1H3,(H,5,6). The zero-order valence-electron chi connectivity index (χ0n) is 4.79. The summed E-state index contributed by atoms with van der Waals surface area (Å²) < 4.78 is 5.43. The average Bonchev–Trinajstić information content (AvgIpc) is 1.83. The van der Waals surface area contributed by atoms with E-state index in [-0.39, 0.29) is 20.3 Å². The first-order valence-corrected chi connectivity index (χ1v) is 5.01. The molecule has 0 spiro atoms. The predicted octanol–water partition coefficient (Wildman–Crippen LogP) is -0.904. The van der Waals surface area contributed by atoms with E-state index in [1.54, 1.807) is 0 Å². The summed E-state index contributed by atoms with van der Waals surface area (Å²) in [5, 5.41) is 8.37. The molecule has 1 N–H and O–H groups in total. The minimum atomic E-state index is -0.778. The van der Waals surface area contributed by atoms with Gasteiger partial charge >= 0.3 is 67.1 Å². The van der Waals surface area contributed by atoms with Crippen LogP contribution in [0.5, 0.6) is 0 Å². The second-order valence-electron chi connectivity index (χ2n) is 1.14. The number of methoxy groups -OCH3 is 1. The molecule has 5 heteroatoms. The van der Waals surface area contributed by atoms with Crippen molar-refractivity contribution in [1.29, 1.82) is 0 Å². The first kappa shape index (κ1) is 9.18. The Morgan fingerprint density at radius 1 is 1.89 bits per heavy atom. The number of hydrogen-bond acceptors (Lipinski definition) is 2. The fourth-order valence-electron chi connectivity index (χ4n) is 0.180. The van der Waals surface area contributed by atoms with E-state index in [1.165, 1.54) is 7.11 Å². The zero-order valence-corrected chi connectivity index (χ0v) is 8.21. The molecule has 0 rings (SSSR count). The average molecular weight is 260 g/mol. The third kappa shape index (κ3) is 6.06. The molecule has 0 aromatic heterocycles. The topological polar surface area (TPSA) is 46.5 Å². The second kappa shape index (κ2) is 5.00. The Bertz CT molecular complexity index is 123. The summed E-state index contributed by atoms with van der Waals surface area (Å²) in [7, 11) is 1.52. The Balaban J connectivity index is 3.28. The molecule has 0 heterocycles. The minimum absolute atomic E-state index is 0.0550. The maximum atomic E-state index is 9.95. The van der Waals surface area contributed by atoms with Crippen molar-refractivity contribution in [2.24, 2.45) is 0 Å². The molecular formula is C4H6O3Se2. The van der Waals surface area contributed by atoms with E-state index in [4.69, 9.17) is 9.84 Å². The molecule has 3 nitrogen and oxygen atoms in total. The van der Waals surface area contributed by atoms with Crippen LogP contribution >= 0.6 is 0 Å². The molecule has 0 bridgehead atoms. The van der Waals surface area contributed by atoms with Crippen LogP contribution in [0.4, 0.5) is 0 Å². The van der Waals surface area contributed by atoms with Crippen molar-refractivity contribution in [3.63, 3.8) is 0 Å². The molecule has 0 aliphatic rings. The zero-order chi connectivity index (χ0) is 7.28. The Morgan fingerprint density at radius 3 is 2.78 bits per heavy atom. The molecule has 0 aliphatic heterocycles. The molecule has 0 saturated heterocycles. The van der Waals surface area contributed by atoms with Crippen molar-refractivity contribution in [3.05, 3.63) is 0 Å². The summed E-state index contributed by atoms with van der Waals surface area (Å²) in [5.41, 5.74) is 0. The Hall–Kier alpha value is 0.179. The fraction of sp³-hybridized carbons (Fsp3) is 0.500. The summed E-state index contributed by atoms with van der Waals surface area (Å²) in [6.45, 7) is 0. The molecule has 52 valence electrons. The normalized spacial score (nSPS) is 8.56. The van der Waals surface area contributed by atoms with Crippen LogP contribution in [0.1, 0.15) is 0 Å². The molecule has 0 aromatic rings. The van der Waals surface area contributed by atoms with Gasteiger partial charge in [-0.05, 0) is 0 Å². The molecule has 0 radical (unpaired) electrons. The maximum absolute atomic E-state index is 9.95. The molecule has 0 aromatic carbocycles. The molecule has 0 aliphatic carbocycles. The summed E-state index contributed by atoms with van der Waals surface area (Å²) in [4.78, 5) is 9.95. The predicted molar refractivity (Wildman–Crippen MR) is 36.0 cm³/mol. The van der Waals surface area contributed by atoms with Crippen molar-refractivity contribution < 1.29 is 14.6 Å². The van der Waals surface area contributed by atoms with Gasteiger partial charge in [-0.25, -0.2) is 0 Å². The van der Waals surface area contributed by atoms with E-state index in [1.807, 2.05) is 0 Å². The van der Waals surface area contributed by atoms with Gasteiger partial charge in [-0.1, -0.05) is 0 Å². The van der Waals surface area contributed by atoms with E-state index in [2.05, 4.69) is 15.6 Å². The van der Waals surface area contributed by atoms with E-state index < -0.39 is 5.97 Å². The van der Waals surface area contributed by atoms with Gasteiger partial charge in [-0.15, -0.1) is 0 Å². The van der Waals surface area contributed by atoms with Crippen LogP contribution in [-0.2, 0) is 9.53 Å². The van der Waals surface area contributed by atoms with Gasteiger partial charge in [-0.2, -0.15) is 0 Å². The van der Waals surface area contributed by atoms with Gasteiger partial charge in [0.05, 0.1) is 0 Å². The van der Waals surface area contributed by atoms with Crippen LogP contribution in [0.2, 0.25) is 5.32 Å². The molecule has 0 fully saturated rings. The van der Waals surface area contributed by atoms with Gasteiger partial charge in [0.1, 0.15) is 0 Å². The van der Waals surface area contributed by atoms with Crippen LogP contribution in [0, 0.1) is 0 Å². The number of hydrogen-bond donors (Lipinski definition) is 1. The van der Waals surface area contributed by atoms with Gasteiger partial charge in [0.15, 0.2) is 0 Å². The third-order valence-electron chi connectivity index (χ3n) is 0.480. The third-order valence-corrected chi connectivity index (χ3v) is 3.78. The number of carboxylic acids is 1. The van der Waals surface area contributed by atoms with Gasteiger partial charge in [-0.3, -0.25) is 0 Å². The van der Waals surface area contributed by atoms with Crippen molar-refractivity contribution in [3.8, 4) is 0 Å². The molecule has 9 heavy (non-hydrogen) atoms. The summed E-state index contributed by atoms with van der Waals surface area (Å²) in [6.07, 6.45) is 0. The van der Waals surface area contributed by atoms with Crippen LogP contribution < -0.4 is 0 Å². The van der Waals surface area contributed by atoms with Crippen molar-refractivity contribution in [2.75, 3.05) is 7.11 Å².